The molecule has 0 unspecified atom stereocenters. The van der Waals surface area contributed by atoms with Gasteiger partial charge in [-0.1, -0.05) is 0 Å². The molecule has 2 fully saturated rings. The van der Waals surface area contributed by atoms with Gasteiger partial charge in [-0.3, -0.25) is 0 Å². The van der Waals surface area contributed by atoms with Gasteiger partial charge in [0.15, 0.2) is 12.5 Å². The minimum atomic E-state index is -4.98. The maximum atomic E-state index is 10.5. The van der Waals surface area contributed by atoms with Crippen LogP contribution in [-0.2, 0) is 14.2 Å². The highest BCUT2D eigenvalue weighted by molar-refractivity contribution is 4.93. The van der Waals surface area contributed by atoms with Gasteiger partial charge in [-0.25, -0.2) is 0 Å². The predicted molar refractivity (Wildman–Crippen MR) is 68.6 cm³/mol. The molecule has 0 saturated carbocycles. The van der Waals surface area contributed by atoms with Gasteiger partial charge in [-0.05, 0) is 0 Å². The second-order valence-corrected chi connectivity index (χ2v) is 3.85. The van der Waals surface area contributed by atoms with E-state index >= 15 is 0 Å². The van der Waals surface area contributed by atoms with Gasteiger partial charge in [0.05, 0.1) is 32.3 Å². The van der Waals surface area contributed by atoms with Crippen LogP contribution in [0.15, 0.2) is 0 Å². The van der Waals surface area contributed by atoms with E-state index < -0.39 is 74.3 Å². The average molecular weight is 356 g/mol. The maximum Gasteiger partial charge on any atom is 0.187 e. The van der Waals surface area contributed by atoms with Crippen molar-refractivity contribution in [2.45, 2.75) is 61.2 Å². The summed E-state index contributed by atoms with van der Waals surface area (Å²) in [6.45, 7) is -9.03. The van der Waals surface area contributed by atoms with Crippen molar-refractivity contribution in [3.05, 3.63) is 0 Å². The fourth-order valence-electron chi connectivity index (χ4n) is 1.42. The van der Waals surface area contributed by atoms with Crippen LogP contribution < -0.4 is 0 Å². The Labute approximate surface area is 150 Å². The first-order valence-electron chi connectivity index (χ1n) is 12.5. The van der Waals surface area contributed by atoms with Gasteiger partial charge in [0.2, 0.25) is 0 Å². The zero-order valence-electron chi connectivity index (χ0n) is 24.8. The number of ether oxygens (including phenoxy) is 3. The van der Waals surface area contributed by atoms with Gasteiger partial charge >= 0.3 is 0 Å². The van der Waals surface area contributed by atoms with Gasteiger partial charge in [0.1, 0.15) is 48.6 Å². The summed E-state index contributed by atoms with van der Waals surface area (Å²) in [5, 5.41) is 80.8. The van der Waals surface area contributed by atoms with Crippen LogP contribution in [0.25, 0.3) is 0 Å². The highest BCUT2D eigenvalue weighted by atomic mass is 16.7. The van der Waals surface area contributed by atoms with Gasteiger partial charge in [-0.2, -0.15) is 0 Å². The standard InChI is InChI=1S/C12H22O11/c13-1-3-5(15)6(16)9(19)12(22-3)23-10-4(2-14)21-11(20)8(18)7(10)17/h3-20H,1-2H2/t3-,4+,5-,6+,7-,8-,9-,10-,11+,12-/m1/s1/i1D2,2D2,3D,4D,5D,6D,7D,8D,9D,10D,11D,12D. The Balaban J connectivity index is 2.97. The van der Waals surface area contributed by atoms with Crippen molar-refractivity contribution in [3.63, 3.8) is 0 Å². The number of aliphatic hydroxyl groups is 8. The molecule has 11 nitrogen and oxygen atoms in total. The van der Waals surface area contributed by atoms with Gasteiger partial charge in [0, 0.05) is 0 Å². The van der Waals surface area contributed by atoms with Crippen LogP contribution in [0.5, 0.6) is 0 Å². The lowest BCUT2D eigenvalue weighted by atomic mass is 9.97. The zero-order valence-corrected chi connectivity index (χ0v) is 10.8. The largest absolute Gasteiger partial charge is 0.394 e. The number of hydrogen-bond acceptors (Lipinski definition) is 11. The van der Waals surface area contributed by atoms with E-state index in [0.29, 0.717) is 0 Å². The molecule has 0 aromatic carbocycles. The fraction of sp³-hybridized carbons (Fsp3) is 1.00. The number of hydrogen-bond donors (Lipinski definition) is 8. The summed E-state index contributed by atoms with van der Waals surface area (Å²) < 4.78 is 119. The van der Waals surface area contributed by atoms with Crippen LogP contribution in [0, 0.1) is 0 Å². The molecule has 23 heavy (non-hydrogen) atoms. The summed E-state index contributed by atoms with van der Waals surface area (Å²) in [6.07, 6.45) is -47.7. The maximum absolute atomic E-state index is 10.5. The van der Waals surface area contributed by atoms with Crippen LogP contribution in [0.4, 0.5) is 0 Å². The van der Waals surface area contributed by atoms with Gasteiger partial charge in [0.25, 0.3) is 0 Å². The van der Waals surface area contributed by atoms with E-state index in [1.807, 2.05) is 0 Å². The minimum Gasteiger partial charge on any atom is -0.394 e. The second kappa shape index (κ2) is 7.63. The first-order valence-corrected chi connectivity index (χ1v) is 5.51. The molecule has 0 aliphatic carbocycles. The first kappa shape index (κ1) is 7.43. The van der Waals surface area contributed by atoms with Gasteiger partial charge in [-0.15, -0.1) is 0 Å². The van der Waals surface area contributed by atoms with Crippen molar-refractivity contribution >= 4 is 0 Å². The second-order valence-electron chi connectivity index (χ2n) is 3.85. The summed E-state index contributed by atoms with van der Waals surface area (Å²) >= 11 is 0. The lowest BCUT2D eigenvalue weighted by Gasteiger charge is -2.45. The molecule has 2 aliphatic heterocycles. The van der Waals surface area contributed by atoms with E-state index in [2.05, 4.69) is 14.2 Å². The van der Waals surface area contributed by atoms with Crippen molar-refractivity contribution in [2.24, 2.45) is 0 Å². The quantitative estimate of drug-likeness (QED) is 0.240. The van der Waals surface area contributed by atoms with E-state index in [9.17, 15) is 40.9 Å². The molecule has 0 bridgehead atoms. The molecule has 0 aromatic rings. The molecule has 8 N–H and O–H groups in total. The third kappa shape index (κ3) is 3.65. The molecule has 2 rings (SSSR count). The van der Waals surface area contributed by atoms with E-state index in [0.717, 1.165) is 0 Å². The SMILES string of the molecule is [2H]C([2H])(O)[C@]1([2H])O[C@]([2H])(O)[C@]([2H])(O)[C@@]([2H])(O)[C@]1([2H])O[C@@]1([2H])O[C@]([2H])(C([2H])([2H])O)[C@@]([2H])(O)[C@]([2H])(O)[C@@]1([2H])O. The van der Waals surface area contributed by atoms with Gasteiger partial charge < -0.3 is 55.1 Å². The Morgan fingerprint density at radius 2 is 1.39 bits per heavy atom. The molecule has 0 radical (unpaired) electrons. The van der Waals surface area contributed by atoms with Crippen molar-refractivity contribution in [1.82, 2.24) is 0 Å². The van der Waals surface area contributed by atoms with E-state index in [1.165, 1.54) is 0 Å². The normalized spacial score (nSPS) is 93.7. The van der Waals surface area contributed by atoms with E-state index in [4.69, 9.17) is 19.2 Å². The molecular weight excluding hydrogens is 320 g/mol. The molecule has 0 amide bonds. The Morgan fingerprint density at radius 1 is 0.783 bits per heavy atom. The van der Waals surface area contributed by atoms with Crippen molar-refractivity contribution in [1.29, 1.82) is 0 Å². The van der Waals surface area contributed by atoms with Crippen molar-refractivity contribution in [3.8, 4) is 0 Å². The Bertz CT molecular complexity index is 950. The first-order chi connectivity index (χ1) is 15.6. The zero-order chi connectivity index (χ0) is 30.1. The van der Waals surface area contributed by atoms with Crippen LogP contribution in [0.2, 0.25) is 0 Å². The lowest BCUT2D eigenvalue weighted by Crippen LogP contribution is -2.64. The third-order valence-corrected chi connectivity index (χ3v) is 2.50. The summed E-state index contributed by atoms with van der Waals surface area (Å²) in [6, 6.07) is 0. The van der Waals surface area contributed by atoms with Crippen LogP contribution >= 0.6 is 0 Å². The fourth-order valence-corrected chi connectivity index (χ4v) is 1.42. The predicted octanol–water partition coefficient (Wildman–Crippen LogP) is -5.40. The van der Waals surface area contributed by atoms with Crippen molar-refractivity contribution in [2.75, 3.05) is 13.1 Å². The van der Waals surface area contributed by atoms with E-state index in [-0.39, 0.29) is 0 Å². The summed E-state index contributed by atoms with van der Waals surface area (Å²) in [5.41, 5.74) is 0. The lowest BCUT2D eigenvalue weighted by molar-refractivity contribution is -0.355. The van der Waals surface area contributed by atoms with Crippen LogP contribution in [0.1, 0.15) is 19.2 Å². The Morgan fingerprint density at radius 3 is 1.96 bits per heavy atom. The third-order valence-electron chi connectivity index (χ3n) is 2.50. The number of rotatable bonds is 4. The molecule has 0 spiro atoms. The summed E-state index contributed by atoms with van der Waals surface area (Å²) in [5.74, 6) is 0. The smallest absolute Gasteiger partial charge is 0.187 e. The minimum absolute atomic E-state index is 4.05. The average Bonchev–Trinajstić information content (AvgIpc) is 2.62. The topological polar surface area (TPSA) is 190 Å². The molecule has 136 valence electrons. The summed E-state index contributed by atoms with van der Waals surface area (Å²) in [4.78, 5) is 0. The highest BCUT2D eigenvalue weighted by Crippen LogP contribution is 2.28. The molecule has 0 aromatic heterocycles. The molecule has 2 aliphatic rings. The molecule has 10 atom stereocenters. The summed E-state index contributed by atoms with van der Waals surface area (Å²) in [7, 11) is 0. The van der Waals surface area contributed by atoms with E-state index in [1.54, 1.807) is 0 Å². The molecule has 2 heterocycles. The highest BCUT2D eigenvalue weighted by Gasteiger charge is 2.50. The Hall–Kier alpha value is -0.440. The monoisotopic (exact) mass is 356 g/mol. The molecular formula is C12H22O11. The van der Waals surface area contributed by atoms with Crippen molar-refractivity contribution < 1.29 is 74.3 Å². The van der Waals surface area contributed by atoms with Crippen LogP contribution in [-0.4, -0.2) is 115 Å². The molecule has 11 heteroatoms. The molecule has 2 saturated heterocycles. The Kier molecular flexibility index (Phi) is 2.47. The van der Waals surface area contributed by atoms with Crippen LogP contribution in [0.3, 0.4) is 0 Å².